The first-order chi connectivity index (χ1) is 8.66. The molecule has 2 heterocycles. The van der Waals surface area contributed by atoms with E-state index >= 15 is 0 Å². The first-order valence-electron chi connectivity index (χ1n) is 6.62. The number of nitrogens with one attached hydrogen (secondary N) is 2. The topological polar surface area (TPSA) is 54.0 Å². The van der Waals surface area contributed by atoms with E-state index < -0.39 is 0 Å². The third-order valence-electron chi connectivity index (χ3n) is 3.41. The van der Waals surface area contributed by atoms with Gasteiger partial charge in [-0.25, -0.2) is 0 Å². The molecule has 18 heavy (non-hydrogen) atoms. The minimum absolute atomic E-state index is 0.0157. The van der Waals surface area contributed by atoms with Crippen molar-refractivity contribution in [2.45, 2.75) is 39.2 Å². The molecule has 2 N–H and O–H groups in total. The summed E-state index contributed by atoms with van der Waals surface area (Å²) in [5.74, 6) is -0.0157. The lowest BCUT2D eigenvalue weighted by Crippen LogP contribution is -2.31. The van der Waals surface area contributed by atoms with Crippen molar-refractivity contribution in [2.75, 3.05) is 13.1 Å². The number of hydrogen-bond acceptors (Lipinski definition) is 3. The Balaban J connectivity index is 1.83. The van der Waals surface area contributed by atoms with Crippen LogP contribution in [0.15, 0.2) is 12.1 Å². The Kier molecular flexibility index (Phi) is 4.31. The zero-order valence-electron chi connectivity index (χ0n) is 11.1. The summed E-state index contributed by atoms with van der Waals surface area (Å²) in [7, 11) is 0. The number of aryl methyl sites for hydroxylation is 2. The van der Waals surface area contributed by atoms with E-state index in [9.17, 15) is 4.79 Å². The molecular weight excluding hydrogens is 226 g/mol. The second-order valence-corrected chi connectivity index (χ2v) is 4.92. The zero-order valence-corrected chi connectivity index (χ0v) is 11.1. The minimum Gasteiger partial charge on any atom is -0.352 e. The Morgan fingerprint density at radius 2 is 2.33 bits per heavy atom. The zero-order chi connectivity index (χ0) is 13.0. The molecule has 1 amide bonds. The molecule has 4 heteroatoms. The number of hydrogen-bond donors (Lipinski definition) is 2. The van der Waals surface area contributed by atoms with E-state index in [4.69, 9.17) is 0 Å². The molecule has 1 aromatic rings. The van der Waals surface area contributed by atoms with Crippen molar-refractivity contribution in [1.29, 1.82) is 0 Å². The molecule has 2 rings (SSSR count). The summed E-state index contributed by atoms with van der Waals surface area (Å²) in [5.41, 5.74) is 2.42. The van der Waals surface area contributed by atoms with E-state index in [1.165, 1.54) is 12.8 Å². The molecule has 0 radical (unpaired) electrons. The Bertz CT molecular complexity index is 425. The largest absolute Gasteiger partial charge is 0.352 e. The average molecular weight is 247 g/mol. The lowest BCUT2D eigenvalue weighted by atomic mass is 10.1. The molecule has 1 aliphatic rings. The van der Waals surface area contributed by atoms with Gasteiger partial charge in [-0.05, 0) is 51.8 Å². The lowest BCUT2D eigenvalue weighted by molar-refractivity contribution is 0.0951. The minimum atomic E-state index is -0.0157. The van der Waals surface area contributed by atoms with E-state index in [0.717, 1.165) is 30.9 Å². The predicted molar refractivity (Wildman–Crippen MR) is 71.7 cm³/mol. The molecule has 1 aromatic heterocycles. The van der Waals surface area contributed by atoms with Crippen LogP contribution >= 0.6 is 0 Å². The van der Waals surface area contributed by atoms with E-state index in [0.29, 0.717) is 11.6 Å². The Labute approximate surface area is 108 Å². The fourth-order valence-corrected chi connectivity index (χ4v) is 2.38. The van der Waals surface area contributed by atoms with Crippen LogP contribution in [-0.2, 0) is 0 Å². The van der Waals surface area contributed by atoms with Crippen LogP contribution in [0.3, 0.4) is 0 Å². The number of rotatable bonds is 4. The summed E-state index contributed by atoms with van der Waals surface area (Å²) in [4.78, 5) is 16.3. The standard InChI is InChI=1S/C14H21N3O/c1-10-5-6-13(11(2)17-10)14(18)16-9-7-12-4-3-8-15-12/h5-6,12,15H,3-4,7-9H2,1-2H3,(H,16,18). The maximum absolute atomic E-state index is 12.0. The van der Waals surface area contributed by atoms with E-state index in [1.54, 1.807) is 0 Å². The molecule has 1 saturated heterocycles. The molecule has 98 valence electrons. The van der Waals surface area contributed by atoms with Gasteiger partial charge < -0.3 is 10.6 Å². The van der Waals surface area contributed by atoms with Crippen LogP contribution in [0, 0.1) is 13.8 Å². The number of pyridine rings is 1. The molecule has 1 atom stereocenters. The highest BCUT2D eigenvalue weighted by molar-refractivity contribution is 5.95. The maximum atomic E-state index is 12.0. The number of amides is 1. The summed E-state index contributed by atoms with van der Waals surface area (Å²) in [6, 6.07) is 4.30. The van der Waals surface area contributed by atoms with Gasteiger partial charge in [-0.2, -0.15) is 0 Å². The van der Waals surface area contributed by atoms with Gasteiger partial charge in [0.1, 0.15) is 0 Å². The molecule has 0 aromatic carbocycles. The SMILES string of the molecule is Cc1ccc(C(=O)NCCC2CCCN2)c(C)n1. The lowest BCUT2D eigenvalue weighted by Gasteiger charge is -2.11. The predicted octanol–water partition coefficient (Wildman–Crippen LogP) is 1.57. The second kappa shape index (κ2) is 5.96. The summed E-state index contributed by atoms with van der Waals surface area (Å²) in [6.07, 6.45) is 3.48. The maximum Gasteiger partial charge on any atom is 0.253 e. The molecule has 4 nitrogen and oxygen atoms in total. The van der Waals surface area contributed by atoms with Crippen LogP contribution in [0.5, 0.6) is 0 Å². The highest BCUT2D eigenvalue weighted by Crippen LogP contribution is 2.09. The summed E-state index contributed by atoms with van der Waals surface area (Å²) in [6.45, 7) is 5.64. The van der Waals surface area contributed by atoms with Crippen LogP contribution in [-0.4, -0.2) is 30.0 Å². The highest BCUT2D eigenvalue weighted by Gasteiger charge is 2.14. The molecule has 0 saturated carbocycles. The van der Waals surface area contributed by atoms with Gasteiger partial charge in [-0.1, -0.05) is 0 Å². The van der Waals surface area contributed by atoms with Gasteiger partial charge in [0.2, 0.25) is 0 Å². The summed E-state index contributed by atoms with van der Waals surface area (Å²) in [5, 5.41) is 6.39. The number of carbonyl (C=O) groups is 1. The third-order valence-corrected chi connectivity index (χ3v) is 3.41. The fraction of sp³-hybridized carbons (Fsp3) is 0.571. The Morgan fingerprint density at radius 3 is 3.00 bits per heavy atom. The fourth-order valence-electron chi connectivity index (χ4n) is 2.38. The quantitative estimate of drug-likeness (QED) is 0.849. The van der Waals surface area contributed by atoms with Crippen molar-refractivity contribution in [3.63, 3.8) is 0 Å². The normalized spacial score (nSPS) is 18.9. The van der Waals surface area contributed by atoms with Gasteiger partial charge in [-0.15, -0.1) is 0 Å². The van der Waals surface area contributed by atoms with Crippen molar-refractivity contribution < 1.29 is 4.79 Å². The molecular formula is C14H21N3O. The summed E-state index contributed by atoms with van der Waals surface area (Å²) < 4.78 is 0. The van der Waals surface area contributed by atoms with Crippen molar-refractivity contribution in [3.8, 4) is 0 Å². The van der Waals surface area contributed by atoms with Crippen molar-refractivity contribution in [3.05, 3.63) is 29.1 Å². The van der Waals surface area contributed by atoms with Crippen LogP contribution in [0.4, 0.5) is 0 Å². The molecule has 0 bridgehead atoms. The van der Waals surface area contributed by atoms with Crippen molar-refractivity contribution in [1.82, 2.24) is 15.6 Å². The molecule has 1 aliphatic heterocycles. The summed E-state index contributed by atoms with van der Waals surface area (Å²) >= 11 is 0. The monoisotopic (exact) mass is 247 g/mol. The Morgan fingerprint density at radius 1 is 1.50 bits per heavy atom. The molecule has 1 fully saturated rings. The van der Waals surface area contributed by atoms with Crippen LogP contribution in [0.25, 0.3) is 0 Å². The van der Waals surface area contributed by atoms with Crippen molar-refractivity contribution >= 4 is 5.91 Å². The Hall–Kier alpha value is -1.42. The van der Waals surface area contributed by atoms with Gasteiger partial charge in [-0.3, -0.25) is 9.78 Å². The first-order valence-corrected chi connectivity index (χ1v) is 6.62. The third kappa shape index (κ3) is 3.29. The van der Waals surface area contributed by atoms with Gasteiger partial charge in [0.15, 0.2) is 0 Å². The van der Waals surface area contributed by atoms with Gasteiger partial charge in [0, 0.05) is 18.3 Å². The van der Waals surface area contributed by atoms with Gasteiger partial charge >= 0.3 is 0 Å². The van der Waals surface area contributed by atoms with Crippen LogP contribution in [0.1, 0.15) is 41.0 Å². The van der Waals surface area contributed by atoms with Gasteiger partial charge in [0.25, 0.3) is 5.91 Å². The van der Waals surface area contributed by atoms with E-state index in [2.05, 4.69) is 15.6 Å². The average Bonchev–Trinajstić information content (AvgIpc) is 2.81. The second-order valence-electron chi connectivity index (χ2n) is 4.92. The molecule has 1 unspecified atom stereocenters. The number of aromatic nitrogens is 1. The van der Waals surface area contributed by atoms with Crippen LogP contribution < -0.4 is 10.6 Å². The smallest absolute Gasteiger partial charge is 0.253 e. The number of carbonyl (C=O) groups excluding carboxylic acids is 1. The van der Waals surface area contributed by atoms with Crippen LogP contribution in [0.2, 0.25) is 0 Å². The van der Waals surface area contributed by atoms with E-state index in [1.807, 2.05) is 26.0 Å². The number of nitrogens with zero attached hydrogens (tertiary/aromatic N) is 1. The molecule has 0 spiro atoms. The van der Waals surface area contributed by atoms with Gasteiger partial charge in [0.05, 0.1) is 11.3 Å². The highest BCUT2D eigenvalue weighted by atomic mass is 16.1. The van der Waals surface area contributed by atoms with Crippen molar-refractivity contribution in [2.24, 2.45) is 0 Å². The van der Waals surface area contributed by atoms with E-state index in [-0.39, 0.29) is 5.91 Å². The molecule has 0 aliphatic carbocycles. The first kappa shape index (κ1) is 13.0.